The molecule has 0 atom stereocenters. The van der Waals surface area contributed by atoms with E-state index in [1.165, 1.54) is 0 Å². The van der Waals surface area contributed by atoms with Crippen LogP contribution in [0.2, 0.25) is 0 Å². The number of rotatable bonds is 5. The minimum atomic E-state index is -0.461. The van der Waals surface area contributed by atoms with Crippen LogP contribution in [0.3, 0.4) is 0 Å². The van der Waals surface area contributed by atoms with E-state index in [2.05, 4.69) is 6.58 Å². The van der Waals surface area contributed by atoms with Gasteiger partial charge in [0.15, 0.2) is 0 Å². The molecule has 0 fully saturated rings. The second-order valence-corrected chi connectivity index (χ2v) is 2.95. The van der Waals surface area contributed by atoms with Crippen LogP contribution >= 0.6 is 0 Å². The molecule has 0 N–H and O–H groups in total. The van der Waals surface area contributed by atoms with Crippen LogP contribution in [0.15, 0.2) is 36.9 Å². The van der Waals surface area contributed by atoms with E-state index in [9.17, 15) is 4.79 Å². The molecule has 0 heterocycles. The van der Waals surface area contributed by atoms with E-state index in [0.29, 0.717) is 12.4 Å². The quantitative estimate of drug-likeness (QED) is 0.422. The van der Waals surface area contributed by atoms with Gasteiger partial charge in [-0.15, -0.1) is 0 Å². The van der Waals surface area contributed by atoms with E-state index in [1.54, 1.807) is 24.3 Å². The number of benzene rings is 1. The van der Waals surface area contributed by atoms with Crippen LogP contribution < -0.4 is 9.47 Å². The Morgan fingerprint density at radius 3 is 2.47 bits per heavy atom. The number of carbonyl (C=O) groups excluding carboxylic acids is 1. The SMILES string of the molecule is C=CC(=O)Oc1ccc(OCCC)cc1. The summed E-state index contributed by atoms with van der Waals surface area (Å²) in [4.78, 5) is 10.9. The van der Waals surface area contributed by atoms with Crippen molar-refractivity contribution >= 4 is 5.97 Å². The summed E-state index contributed by atoms with van der Waals surface area (Å²) in [5.74, 6) is 0.802. The van der Waals surface area contributed by atoms with Gasteiger partial charge in [-0.3, -0.25) is 0 Å². The van der Waals surface area contributed by atoms with Gasteiger partial charge in [-0.25, -0.2) is 4.79 Å². The van der Waals surface area contributed by atoms with E-state index < -0.39 is 5.97 Å². The van der Waals surface area contributed by atoms with Gasteiger partial charge in [0.2, 0.25) is 0 Å². The average Bonchev–Trinajstić information content (AvgIpc) is 2.28. The zero-order chi connectivity index (χ0) is 11.1. The summed E-state index contributed by atoms with van der Waals surface area (Å²) in [6.45, 7) is 6.04. The molecule has 15 heavy (non-hydrogen) atoms. The van der Waals surface area contributed by atoms with E-state index in [-0.39, 0.29) is 0 Å². The second-order valence-electron chi connectivity index (χ2n) is 2.95. The summed E-state index contributed by atoms with van der Waals surface area (Å²) in [6, 6.07) is 6.90. The first kappa shape index (κ1) is 11.3. The van der Waals surface area contributed by atoms with E-state index in [4.69, 9.17) is 9.47 Å². The molecule has 0 spiro atoms. The Morgan fingerprint density at radius 2 is 1.93 bits per heavy atom. The Labute approximate surface area is 89.3 Å². The van der Waals surface area contributed by atoms with Crippen molar-refractivity contribution in [1.29, 1.82) is 0 Å². The maximum absolute atomic E-state index is 10.9. The van der Waals surface area contributed by atoms with Crippen molar-refractivity contribution in [1.82, 2.24) is 0 Å². The van der Waals surface area contributed by atoms with Crippen LogP contribution in [0.25, 0.3) is 0 Å². The van der Waals surface area contributed by atoms with Gasteiger partial charge in [-0.1, -0.05) is 13.5 Å². The molecule has 1 rings (SSSR count). The molecule has 3 heteroatoms. The monoisotopic (exact) mass is 206 g/mol. The highest BCUT2D eigenvalue weighted by Gasteiger charge is 1.99. The third kappa shape index (κ3) is 3.85. The lowest BCUT2D eigenvalue weighted by molar-refractivity contribution is -0.128. The lowest BCUT2D eigenvalue weighted by Gasteiger charge is -2.05. The highest BCUT2D eigenvalue weighted by molar-refractivity contribution is 5.83. The van der Waals surface area contributed by atoms with Gasteiger partial charge in [0, 0.05) is 6.08 Å². The molecule has 0 unspecified atom stereocenters. The normalized spacial score (nSPS) is 9.40. The zero-order valence-electron chi connectivity index (χ0n) is 8.73. The zero-order valence-corrected chi connectivity index (χ0v) is 8.73. The molecule has 0 bridgehead atoms. The maximum Gasteiger partial charge on any atom is 0.335 e. The van der Waals surface area contributed by atoms with Crippen molar-refractivity contribution in [2.24, 2.45) is 0 Å². The number of esters is 1. The second kappa shape index (κ2) is 5.86. The van der Waals surface area contributed by atoms with E-state index in [0.717, 1.165) is 18.2 Å². The molecular formula is C12H14O3. The summed E-state index contributed by atoms with van der Waals surface area (Å²) in [7, 11) is 0. The molecule has 0 aliphatic heterocycles. The van der Waals surface area contributed by atoms with Gasteiger partial charge < -0.3 is 9.47 Å². The van der Waals surface area contributed by atoms with E-state index in [1.807, 2.05) is 6.92 Å². The fourth-order valence-corrected chi connectivity index (χ4v) is 0.982. The van der Waals surface area contributed by atoms with Gasteiger partial charge in [0.1, 0.15) is 11.5 Å². The topological polar surface area (TPSA) is 35.5 Å². The summed E-state index contributed by atoms with van der Waals surface area (Å²) in [6.07, 6.45) is 2.09. The lowest BCUT2D eigenvalue weighted by atomic mass is 10.3. The van der Waals surface area contributed by atoms with Gasteiger partial charge in [0.05, 0.1) is 6.61 Å². The van der Waals surface area contributed by atoms with Crippen molar-refractivity contribution in [2.75, 3.05) is 6.61 Å². The Hall–Kier alpha value is -1.77. The van der Waals surface area contributed by atoms with Crippen molar-refractivity contribution < 1.29 is 14.3 Å². The third-order valence-corrected chi connectivity index (χ3v) is 1.68. The molecule has 0 aliphatic rings. The molecule has 1 aromatic rings. The Balaban J connectivity index is 2.55. The highest BCUT2D eigenvalue weighted by Crippen LogP contribution is 2.17. The molecular weight excluding hydrogens is 192 g/mol. The Bertz CT molecular complexity index is 327. The fourth-order valence-electron chi connectivity index (χ4n) is 0.982. The van der Waals surface area contributed by atoms with Crippen LogP contribution in [-0.4, -0.2) is 12.6 Å². The molecule has 0 aliphatic carbocycles. The predicted octanol–water partition coefficient (Wildman–Crippen LogP) is 2.57. The molecule has 80 valence electrons. The Morgan fingerprint density at radius 1 is 1.33 bits per heavy atom. The van der Waals surface area contributed by atoms with Gasteiger partial charge >= 0.3 is 5.97 Å². The molecule has 0 radical (unpaired) electrons. The van der Waals surface area contributed by atoms with Gasteiger partial charge in [0.25, 0.3) is 0 Å². The summed E-state index contributed by atoms with van der Waals surface area (Å²) < 4.78 is 10.3. The van der Waals surface area contributed by atoms with Crippen LogP contribution in [-0.2, 0) is 4.79 Å². The fraction of sp³-hybridized carbons (Fsp3) is 0.250. The average molecular weight is 206 g/mol. The first-order valence-electron chi connectivity index (χ1n) is 4.83. The minimum Gasteiger partial charge on any atom is -0.494 e. The standard InChI is InChI=1S/C12H14O3/c1-3-9-14-10-5-7-11(8-6-10)15-12(13)4-2/h4-8H,2-3,9H2,1H3. The number of carbonyl (C=O) groups is 1. The molecule has 0 saturated carbocycles. The van der Waals surface area contributed by atoms with Gasteiger partial charge in [-0.05, 0) is 30.7 Å². The van der Waals surface area contributed by atoms with Crippen LogP contribution in [0.1, 0.15) is 13.3 Å². The van der Waals surface area contributed by atoms with Crippen LogP contribution in [0, 0.1) is 0 Å². The number of hydrogen-bond acceptors (Lipinski definition) is 3. The smallest absolute Gasteiger partial charge is 0.335 e. The third-order valence-electron chi connectivity index (χ3n) is 1.68. The first-order valence-corrected chi connectivity index (χ1v) is 4.83. The summed E-state index contributed by atoms with van der Waals surface area (Å²) >= 11 is 0. The minimum absolute atomic E-state index is 0.461. The van der Waals surface area contributed by atoms with Crippen molar-refractivity contribution in [3.63, 3.8) is 0 Å². The molecule has 0 amide bonds. The van der Waals surface area contributed by atoms with Crippen LogP contribution in [0.5, 0.6) is 11.5 Å². The number of hydrogen-bond donors (Lipinski definition) is 0. The first-order chi connectivity index (χ1) is 7.26. The Kier molecular flexibility index (Phi) is 4.41. The summed E-state index contributed by atoms with van der Waals surface area (Å²) in [5, 5.41) is 0. The van der Waals surface area contributed by atoms with Crippen molar-refractivity contribution in [3.8, 4) is 11.5 Å². The highest BCUT2D eigenvalue weighted by atomic mass is 16.5. The molecule has 0 saturated heterocycles. The molecule has 3 nitrogen and oxygen atoms in total. The van der Waals surface area contributed by atoms with Crippen LogP contribution in [0.4, 0.5) is 0 Å². The van der Waals surface area contributed by atoms with Gasteiger partial charge in [-0.2, -0.15) is 0 Å². The summed E-state index contributed by atoms with van der Waals surface area (Å²) in [5.41, 5.74) is 0. The number of ether oxygens (including phenoxy) is 2. The molecule has 0 aromatic heterocycles. The lowest BCUT2D eigenvalue weighted by Crippen LogP contribution is -2.02. The van der Waals surface area contributed by atoms with Crippen molar-refractivity contribution in [2.45, 2.75) is 13.3 Å². The van der Waals surface area contributed by atoms with Crippen molar-refractivity contribution in [3.05, 3.63) is 36.9 Å². The predicted molar refractivity (Wildman–Crippen MR) is 58.1 cm³/mol. The van der Waals surface area contributed by atoms with E-state index >= 15 is 0 Å². The maximum atomic E-state index is 10.9. The molecule has 1 aromatic carbocycles. The largest absolute Gasteiger partial charge is 0.494 e.